The fourth-order valence-corrected chi connectivity index (χ4v) is 5.63. The Hall–Kier alpha value is -2.53. The third kappa shape index (κ3) is 3.99. The third-order valence-electron chi connectivity index (χ3n) is 6.20. The number of carbonyl (C=O) groups is 1. The average molecular weight is 462 g/mol. The summed E-state index contributed by atoms with van der Waals surface area (Å²) in [6.07, 6.45) is 4.22. The fraction of sp³-hybridized carbons (Fsp3) is 0.619. The second kappa shape index (κ2) is 8.78. The maximum atomic E-state index is 12.7. The summed E-state index contributed by atoms with van der Waals surface area (Å²) in [4.78, 5) is 30.8. The molecule has 0 aromatic carbocycles. The molecule has 0 radical (unpaired) electrons. The molecule has 10 nitrogen and oxygen atoms in total. The molecule has 0 N–H and O–H groups in total. The van der Waals surface area contributed by atoms with Gasteiger partial charge in [0.2, 0.25) is 5.95 Å². The molecule has 2 aromatic heterocycles. The van der Waals surface area contributed by atoms with E-state index in [0.717, 1.165) is 42.5 Å². The molecule has 5 rings (SSSR count). The van der Waals surface area contributed by atoms with Gasteiger partial charge in [0.15, 0.2) is 17.4 Å². The standard InChI is InChI=1S/C21H27N5O5S/c1-3-17-22-16(12-30-17)20(27)31-14-10-26(11-14)21-23-15-6-9-32(28)18(15)19(24-21)25(2)13-4-7-29-8-5-13/h12-14H,3-11H2,1-2H3. The molecule has 32 heavy (non-hydrogen) atoms. The zero-order chi connectivity index (χ0) is 22.2. The highest BCUT2D eigenvalue weighted by Crippen LogP contribution is 2.34. The van der Waals surface area contributed by atoms with Gasteiger partial charge >= 0.3 is 5.97 Å². The zero-order valence-corrected chi connectivity index (χ0v) is 19.1. The van der Waals surface area contributed by atoms with Crippen LogP contribution in [0, 0.1) is 0 Å². The lowest BCUT2D eigenvalue weighted by Gasteiger charge is -2.39. The number of ether oxygens (including phenoxy) is 2. The van der Waals surface area contributed by atoms with Crippen molar-refractivity contribution in [3.8, 4) is 0 Å². The van der Waals surface area contributed by atoms with E-state index in [2.05, 4.69) is 9.88 Å². The van der Waals surface area contributed by atoms with Crippen LogP contribution in [0.25, 0.3) is 0 Å². The van der Waals surface area contributed by atoms with Gasteiger partial charge in [-0.25, -0.2) is 14.8 Å². The number of rotatable bonds is 6. The molecule has 0 aliphatic carbocycles. The van der Waals surface area contributed by atoms with E-state index in [1.807, 2.05) is 18.9 Å². The van der Waals surface area contributed by atoms with Crippen LogP contribution < -0.4 is 9.80 Å². The van der Waals surface area contributed by atoms with Crippen LogP contribution in [-0.4, -0.2) is 76.4 Å². The summed E-state index contributed by atoms with van der Waals surface area (Å²) in [6.45, 7) is 4.37. The molecule has 1 atom stereocenters. The molecule has 2 saturated heterocycles. The van der Waals surface area contributed by atoms with Crippen LogP contribution in [0.15, 0.2) is 15.6 Å². The molecule has 5 heterocycles. The van der Waals surface area contributed by atoms with Crippen LogP contribution in [0.3, 0.4) is 0 Å². The molecule has 2 aromatic rings. The first-order chi connectivity index (χ1) is 15.5. The van der Waals surface area contributed by atoms with E-state index >= 15 is 0 Å². The minimum atomic E-state index is -1.08. The van der Waals surface area contributed by atoms with Gasteiger partial charge in [0.05, 0.1) is 29.6 Å². The van der Waals surface area contributed by atoms with E-state index in [9.17, 15) is 9.00 Å². The normalized spacial score (nSPS) is 21.3. The number of esters is 1. The third-order valence-corrected chi connectivity index (χ3v) is 7.65. The van der Waals surface area contributed by atoms with Gasteiger partial charge in [0, 0.05) is 44.9 Å². The smallest absolute Gasteiger partial charge is 0.360 e. The summed E-state index contributed by atoms with van der Waals surface area (Å²) >= 11 is 0. The molecular weight excluding hydrogens is 434 g/mol. The molecule has 0 amide bonds. The summed E-state index contributed by atoms with van der Waals surface area (Å²) in [5.41, 5.74) is 1.05. The largest absolute Gasteiger partial charge is 0.454 e. The molecular formula is C21H27N5O5S. The lowest BCUT2D eigenvalue weighted by molar-refractivity contribution is 0.0224. The van der Waals surface area contributed by atoms with Crippen molar-refractivity contribution in [3.63, 3.8) is 0 Å². The van der Waals surface area contributed by atoms with Crippen molar-refractivity contribution < 1.29 is 22.9 Å². The maximum absolute atomic E-state index is 12.7. The number of hydrogen-bond acceptors (Lipinski definition) is 10. The summed E-state index contributed by atoms with van der Waals surface area (Å²) in [7, 11) is 0.939. The van der Waals surface area contributed by atoms with Crippen LogP contribution in [-0.2, 0) is 33.1 Å². The van der Waals surface area contributed by atoms with Crippen molar-refractivity contribution in [2.24, 2.45) is 0 Å². The van der Waals surface area contributed by atoms with Crippen LogP contribution in [0.4, 0.5) is 11.8 Å². The molecule has 0 bridgehead atoms. The SMILES string of the molecule is CCc1nc(C(=O)OC2CN(c3nc4c(c(N(C)C5CCOCC5)n3)S(=O)CC4)C2)co1. The Bertz CT molecular complexity index is 1030. The fourth-order valence-electron chi connectivity index (χ4n) is 4.25. The van der Waals surface area contributed by atoms with E-state index in [-0.39, 0.29) is 11.8 Å². The van der Waals surface area contributed by atoms with Gasteiger partial charge in [-0.2, -0.15) is 4.98 Å². The first-order valence-electron chi connectivity index (χ1n) is 11.0. The minimum Gasteiger partial charge on any atom is -0.454 e. The Kier molecular flexibility index (Phi) is 5.85. The lowest BCUT2D eigenvalue weighted by Crippen LogP contribution is -2.54. The molecule has 172 valence electrons. The molecule has 3 aliphatic heterocycles. The van der Waals surface area contributed by atoms with E-state index in [4.69, 9.17) is 23.9 Å². The highest BCUT2D eigenvalue weighted by atomic mass is 32.2. The molecule has 0 saturated carbocycles. The van der Waals surface area contributed by atoms with Gasteiger partial charge in [-0.3, -0.25) is 4.21 Å². The molecule has 11 heteroatoms. The number of carbonyl (C=O) groups excluding carboxylic acids is 1. The van der Waals surface area contributed by atoms with Crippen LogP contribution in [0.5, 0.6) is 0 Å². The summed E-state index contributed by atoms with van der Waals surface area (Å²) in [5.74, 6) is 1.96. The van der Waals surface area contributed by atoms with Crippen LogP contribution >= 0.6 is 0 Å². The molecule has 3 aliphatic rings. The van der Waals surface area contributed by atoms with Gasteiger partial charge in [-0.15, -0.1) is 0 Å². The molecule has 1 unspecified atom stereocenters. The van der Waals surface area contributed by atoms with Gasteiger partial charge in [-0.05, 0) is 12.8 Å². The maximum Gasteiger partial charge on any atom is 0.360 e. The van der Waals surface area contributed by atoms with Crippen molar-refractivity contribution in [2.45, 2.75) is 49.6 Å². The van der Waals surface area contributed by atoms with Crippen molar-refractivity contribution >= 4 is 28.5 Å². The summed E-state index contributed by atoms with van der Waals surface area (Å²) in [6, 6.07) is 0.300. The van der Waals surface area contributed by atoms with Crippen molar-refractivity contribution in [1.82, 2.24) is 15.0 Å². The first kappa shape index (κ1) is 21.3. The molecule has 0 spiro atoms. The van der Waals surface area contributed by atoms with Crippen LogP contribution in [0.2, 0.25) is 0 Å². The Balaban J connectivity index is 1.29. The van der Waals surface area contributed by atoms with Crippen molar-refractivity contribution in [1.29, 1.82) is 0 Å². The number of aromatic nitrogens is 3. The number of hydrogen-bond donors (Lipinski definition) is 0. The zero-order valence-electron chi connectivity index (χ0n) is 18.3. The quantitative estimate of drug-likeness (QED) is 0.585. The Morgan fingerprint density at radius 1 is 1.28 bits per heavy atom. The summed E-state index contributed by atoms with van der Waals surface area (Å²) < 4.78 is 28.9. The Labute approximate surface area is 188 Å². The second-order valence-electron chi connectivity index (χ2n) is 8.29. The predicted molar refractivity (Wildman–Crippen MR) is 117 cm³/mol. The van der Waals surface area contributed by atoms with Crippen LogP contribution in [0.1, 0.15) is 41.8 Å². The predicted octanol–water partition coefficient (Wildman–Crippen LogP) is 1.35. The van der Waals surface area contributed by atoms with E-state index in [1.54, 1.807) is 0 Å². The Morgan fingerprint density at radius 3 is 2.78 bits per heavy atom. The number of aryl methyl sites for hydroxylation is 2. The minimum absolute atomic E-state index is 0.192. The van der Waals surface area contributed by atoms with E-state index in [0.29, 0.717) is 49.6 Å². The summed E-state index contributed by atoms with van der Waals surface area (Å²) in [5, 5.41) is 0. The average Bonchev–Trinajstić information content (AvgIpc) is 3.42. The monoisotopic (exact) mass is 461 g/mol. The topological polar surface area (TPSA) is 111 Å². The highest BCUT2D eigenvalue weighted by molar-refractivity contribution is 7.85. The number of nitrogens with zero attached hydrogens (tertiary/aromatic N) is 5. The second-order valence-corrected chi connectivity index (χ2v) is 9.80. The number of fused-ring (bicyclic) bond motifs is 1. The van der Waals surface area contributed by atoms with Gasteiger partial charge in [0.25, 0.3) is 0 Å². The molecule has 2 fully saturated rings. The van der Waals surface area contributed by atoms with Gasteiger partial charge < -0.3 is 23.7 Å². The van der Waals surface area contributed by atoms with E-state index in [1.165, 1.54) is 6.26 Å². The van der Waals surface area contributed by atoms with Crippen molar-refractivity contribution in [3.05, 3.63) is 23.5 Å². The highest BCUT2D eigenvalue weighted by Gasteiger charge is 2.36. The van der Waals surface area contributed by atoms with E-state index < -0.39 is 16.8 Å². The van der Waals surface area contributed by atoms with Crippen molar-refractivity contribution in [2.75, 3.05) is 48.9 Å². The van der Waals surface area contributed by atoms with Gasteiger partial charge in [-0.1, -0.05) is 6.92 Å². The first-order valence-corrected chi connectivity index (χ1v) is 12.4. The number of anilines is 2. The number of oxazole rings is 1. The van der Waals surface area contributed by atoms with Gasteiger partial charge in [0.1, 0.15) is 17.3 Å². The Morgan fingerprint density at radius 2 is 2.06 bits per heavy atom. The lowest BCUT2D eigenvalue weighted by atomic mass is 10.1.